The topological polar surface area (TPSA) is 78.9 Å². The van der Waals surface area contributed by atoms with Gasteiger partial charge in [0.05, 0.1) is 0 Å². The molecule has 0 bridgehead atoms. The third-order valence-corrected chi connectivity index (χ3v) is 14.8. The van der Waals surface area contributed by atoms with Gasteiger partial charge in [0, 0.05) is 19.3 Å². The van der Waals surface area contributed by atoms with E-state index in [-0.39, 0.29) is 37.5 Å². The van der Waals surface area contributed by atoms with Gasteiger partial charge in [-0.15, -0.1) is 0 Å². The minimum atomic E-state index is -0.802. The molecule has 1 unspecified atom stereocenters. The molecule has 0 saturated carbocycles. The SMILES string of the molecule is CC/C=C\C/C=C\C/C=C\C/C=C\C/C=C\C/C=C\CCCCC(=O)OC(COC(=O)CCCCCCCCCCCCCCC/C=C\C/C=C\CCCCCCC)COC(=O)CCCCCCCCCCCCCCCCCC. The molecule has 0 aromatic heterocycles. The molecule has 6 heteroatoms. The molecule has 0 N–H and O–H groups in total. The number of carbonyl (C=O) groups excluding carboxylic acids is 3. The van der Waals surface area contributed by atoms with Crippen molar-refractivity contribution >= 4 is 17.9 Å². The Bertz CT molecular complexity index is 1560. The Morgan fingerprint density at radius 3 is 0.787 bits per heavy atom. The minimum Gasteiger partial charge on any atom is -0.462 e. The van der Waals surface area contributed by atoms with Crippen molar-refractivity contribution in [1.82, 2.24) is 0 Å². The highest BCUT2D eigenvalue weighted by Crippen LogP contribution is 2.17. The van der Waals surface area contributed by atoms with Crippen LogP contribution in [0.3, 0.4) is 0 Å². The van der Waals surface area contributed by atoms with Crippen LogP contribution in [0.1, 0.15) is 335 Å². The molecule has 80 heavy (non-hydrogen) atoms. The van der Waals surface area contributed by atoms with E-state index in [0.717, 1.165) is 96.3 Å². The molecular weight excluding hydrogens is 985 g/mol. The van der Waals surface area contributed by atoms with Crippen molar-refractivity contribution in [1.29, 1.82) is 0 Å². The third-order valence-electron chi connectivity index (χ3n) is 14.8. The predicted molar refractivity (Wildman–Crippen MR) is 348 cm³/mol. The van der Waals surface area contributed by atoms with Crippen LogP contribution in [-0.4, -0.2) is 37.2 Å². The first kappa shape index (κ1) is 76.3. The Labute approximate surface area is 496 Å². The summed E-state index contributed by atoms with van der Waals surface area (Å²) in [6, 6.07) is 0. The van der Waals surface area contributed by atoms with Gasteiger partial charge in [-0.05, 0) is 103 Å². The number of hydrogen-bond donors (Lipinski definition) is 0. The lowest BCUT2D eigenvalue weighted by Crippen LogP contribution is -2.30. The molecule has 460 valence electrons. The summed E-state index contributed by atoms with van der Waals surface area (Å²) in [4.78, 5) is 38.4. The van der Waals surface area contributed by atoms with E-state index in [2.05, 4.69) is 118 Å². The lowest BCUT2D eigenvalue weighted by atomic mass is 10.0. The lowest BCUT2D eigenvalue weighted by Gasteiger charge is -2.18. The molecule has 1 atom stereocenters. The number of unbranched alkanes of at least 4 members (excludes halogenated alkanes) is 35. The Kier molecular flexibility index (Phi) is 64.7. The molecule has 0 heterocycles. The van der Waals surface area contributed by atoms with Crippen LogP contribution in [0.4, 0.5) is 0 Å². The Balaban J connectivity index is 4.40. The molecule has 6 nitrogen and oxygen atoms in total. The number of hydrogen-bond acceptors (Lipinski definition) is 6. The van der Waals surface area contributed by atoms with Gasteiger partial charge in [0.2, 0.25) is 0 Å². The number of rotatable bonds is 62. The zero-order valence-electron chi connectivity index (χ0n) is 52.8. The van der Waals surface area contributed by atoms with Crippen molar-refractivity contribution in [2.45, 2.75) is 341 Å². The molecule has 0 amide bonds. The maximum absolute atomic E-state index is 12.9. The molecule has 0 spiro atoms. The molecule has 0 radical (unpaired) electrons. The number of allylic oxidation sites excluding steroid dienone is 16. The van der Waals surface area contributed by atoms with Crippen LogP contribution in [0, 0.1) is 0 Å². The second-order valence-electron chi connectivity index (χ2n) is 22.7. The van der Waals surface area contributed by atoms with E-state index in [1.165, 1.54) is 193 Å². The fourth-order valence-electron chi connectivity index (χ4n) is 9.71. The number of esters is 3. The lowest BCUT2D eigenvalue weighted by molar-refractivity contribution is -0.167. The van der Waals surface area contributed by atoms with E-state index in [0.29, 0.717) is 19.3 Å². The summed E-state index contributed by atoms with van der Waals surface area (Å²) < 4.78 is 16.9. The van der Waals surface area contributed by atoms with Gasteiger partial charge in [-0.2, -0.15) is 0 Å². The van der Waals surface area contributed by atoms with Crippen molar-refractivity contribution in [3.63, 3.8) is 0 Å². The standard InChI is InChI=1S/C74H128O6/c1-4-7-10-13-16-19-22-25-28-31-33-35-36-37-38-40-41-43-46-49-52-55-58-61-64-67-73(76)79-70-71(69-78-72(75)66-63-60-57-54-51-48-45-30-27-24-21-18-15-12-9-6-3)80-74(77)68-65-62-59-56-53-50-47-44-42-39-34-32-29-26-23-20-17-14-11-8-5-2/h8,11,17,20,22,25-26,29,31,33-34,39,44,47,53,56,71H,4-7,9-10,12-16,18-19,21,23-24,27-28,30,32,35-38,40-43,45-46,48-52,54-55,57-70H2,1-3H3/b11-8-,20-17-,25-22-,29-26-,33-31-,39-34-,47-44-,56-53-. The maximum atomic E-state index is 12.9. The predicted octanol–water partition coefficient (Wildman–Crippen LogP) is 23.6. The molecule has 0 fully saturated rings. The zero-order chi connectivity index (χ0) is 57.8. The van der Waals surface area contributed by atoms with Crippen LogP contribution in [-0.2, 0) is 28.6 Å². The van der Waals surface area contributed by atoms with E-state index in [4.69, 9.17) is 14.2 Å². The molecular formula is C74H128O6. The average molecular weight is 1110 g/mol. The van der Waals surface area contributed by atoms with E-state index in [1.54, 1.807) is 0 Å². The van der Waals surface area contributed by atoms with Gasteiger partial charge in [-0.1, -0.05) is 311 Å². The van der Waals surface area contributed by atoms with Crippen LogP contribution in [0.5, 0.6) is 0 Å². The van der Waals surface area contributed by atoms with Gasteiger partial charge in [0.15, 0.2) is 6.10 Å². The zero-order valence-corrected chi connectivity index (χ0v) is 52.8. The molecule has 0 aliphatic carbocycles. The van der Waals surface area contributed by atoms with Crippen molar-refractivity contribution < 1.29 is 28.6 Å². The molecule has 0 aromatic rings. The summed E-state index contributed by atoms with van der Waals surface area (Å²) >= 11 is 0. The van der Waals surface area contributed by atoms with Crippen LogP contribution >= 0.6 is 0 Å². The quantitative estimate of drug-likeness (QED) is 0.0261. The normalized spacial score (nSPS) is 12.7. The summed E-state index contributed by atoms with van der Waals surface area (Å²) in [6.07, 6.45) is 91.4. The van der Waals surface area contributed by atoms with Crippen molar-refractivity contribution in [2.24, 2.45) is 0 Å². The first-order valence-corrected chi connectivity index (χ1v) is 34.2. The maximum Gasteiger partial charge on any atom is 0.306 e. The van der Waals surface area contributed by atoms with Gasteiger partial charge in [0.25, 0.3) is 0 Å². The third kappa shape index (κ3) is 65.1. The Morgan fingerprint density at radius 1 is 0.263 bits per heavy atom. The Morgan fingerprint density at radius 2 is 0.487 bits per heavy atom. The van der Waals surface area contributed by atoms with Gasteiger partial charge < -0.3 is 14.2 Å². The molecule has 0 saturated heterocycles. The first-order valence-electron chi connectivity index (χ1n) is 34.2. The van der Waals surface area contributed by atoms with E-state index in [9.17, 15) is 14.4 Å². The van der Waals surface area contributed by atoms with Gasteiger partial charge in [0.1, 0.15) is 13.2 Å². The second kappa shape index (κ2) is 67.8. The molecule has 0 aliphatic rings. The monoisotopic (exact) mass is 1110 g/mol. The average Bonchev–Trinajstić information content (AvgIpc) is 3.46. The second-order valence-corrected chi connectivity index (χ2v) is 22.7. The Hall–Kier alpha value is -3.67. The summed E-state index contributed by atoms with van der Waals surface area (Å²) in [5.74, 6) is -0.921. The number of carbonyl (C=O) groups is 3. The van der Waals surface area contributed by atoms with Crippen molar-refractivity contribution in [2.75, 3.05) is 13.2 Å². The molecule has 0 rings (SSSR count). The van der Waals surface area contributed by atoms with Gasteiger partial charge in [-0.25, -0.2) is 0 Å². The van der Waals surface area contributed by atoms with Crippen LogP contribution in [0.2, 0.25) is 0 Å². The highest BCUT2D eigenvalue weighted by atomic mass is 16.6. The van der Waals surface area contributed by atoms with Crippen molar-refractivity contribution in [3.05, 3.63) is 97.2 Å². The summed E-state index contributed by atoms with van der Waals surface area (Å²) in [6.45, 7) is 6.52. The van der Waals surface area contributed by atoms with Crippen LogP contribution < -0.4 is 0 Å². The van der Waals surface area contributed by atoms with Gasteiger partial charge >= 0.3 is 17.9 Å². The largest absolute Gasteiger partial charge is 0.462 e. The summed E-state index contributed by atoms with van der Waals surface area (Å²) in [5, 5.41) is 0. The highest BCUT2D eigenvalue weighted by Gasteiger charge is 2.19. The highest BCUT2D eigenvalue weighted by molar-refractivity contribution is 5.71. The first-order chi connectivity index (χ1) is 39.5. The molecule has 0 aromatic carbocycles. The summed E-state index contributed by atoms with van der Waals surface area (Å²) in [7, 11) is 0. The van der Waals surface area contributed by atoms with E-state index < -0.39 is 6.10 Å². The summed E-state index contributed by atoms with van der Waals surface area (Å²) in [5.41, 5.74) is 0. The van der Waals surface area contributed by atoms with Crippen molar-refractivity contribution in [3.8, 4) is 0 Å². The fraction of sp³-hybridized carbons (Fsp3) is 0.743. The minimum absolute atomic E-state index is 0.0924. The van der Waals surface area contributed by atoms with Crippen LogP contribution in [0.25, 0.3) is 0 Å². The van der Waals surface area contributed by atoms with Gasteiger partial charge in [-0.3, -0.25) is 14.4 Å². The molecule has 0 aliphatic heterocycles. The van der Waals surface area contributed by atoms with E-state index >= 15 is 0 Å². The smallest absolute Gasteiger partial charge is 0.306 e. The van der Waals surface area contributed by atoms with E-state index in [1.807, 2.05) is 0 Å². The number of ether oxygens (including phenoxy) is 3. The van der Waals surface area contributed by atoms with Crippen LogP contribution in [0.15, 0.2) is 97.2 Å². The fourth-order valence-corrected chi connectivity index (χ4v) is 9.71.